The first-order valence-electron chi connectivity index (χ1n) is 4.14. The smallest absolute Gasteiger partial charge is 0.221 e. The normalized spacial score (nSPS) is 10.6. The SMILES string of the molecule is CC(=O)c1cc(C=CCC(N)=O)cs1. The fraction of sp³-hybridized carbons (Fsp3) is 0.200. The van der Waals surface area contributed by atoms with E-state index in [4.69, 9.17) is 5.73 Å². The maximum atomic E-state index is 11.0. The number of carbonyl (C=O) groups excluding carboxylic acids is 2. The summed E-state index contributed by atoms with van der Waals surface area (Å²) in [5.41, 5.74) is 5.90. The number of hydrogen-bond donors (Lipinski definition) is 1. The molecule has 0 aliphatic rings. The van der Waals surface area contributed by atoms with E-state index in [-0.39, 0.29) is 18.1 Å². The number of ketones is 1. The van der Waals surface area contributed by atoms with E-state index < -0.39 is 0 Å². The predicted molar refractivity (Wildman–Crippen MR) is 57.2 cm³/mol. The topological polar surface area (TPSA) is 60.2 Å². The molecule has 0 bridgehead atoms. The Morgan fingerprint density at radius 1 is 1.57 bits per heavy atom. The first kappa shape index (κ1) is 10.7. The van der Waals surface area contributed by atoms with Crippen LogP contribution >= 0.6 is 11.3 Å². The van der Waals surface area contributed by atoms with E-state index in [0.717, 1.165) is 10.4 Å². The number of primary amides is 1. The molecule has 0 aliphatic heterocycles. The molecule has 14 heavy (non-hydrogen) atoms. The van der Waals surface area contributed by atoms with Crippen LogP contribution in [-0.2, 0) is 4.79 Å². The third-order valence-electron chi connectivity index (χ3n) is 1.60. The molecule has 1 rings (SSSR count). The van der Waals surface area contributed by atoms with Crippen LogP contribution in [0, 0.1) is 0 Å². The molecule has 1 heterocycles. The van der Waals surface area contributed by atoms with Gasteiger partial charge in [-0.05, 0) is 23.9 Å². The van der Waals surface area contributed by atoms with Crippen molar-refractivity contribution in [2.45, 2.75) is 13.3 Å². The number of nitrogens with two attached hydrogens (primary N) is 1. The Hall–Kier alpha value is -1.42. The Bertz CT molecular complexity index is 379. The predicted octanol–water partition coefficient (Wildman–Crippen LogP) is 1.84. The summed E-state index contributed by atoms with van der Waals surface area (Å²) in [4.78, 5) is 22.1. The number of rotatable bonds is 4. The zero-order valence-electron chi connectivity index (χ0n) is 7.82. The third-order valence-corrected chi connectivity index (χ3v) is 2.65. The number of Topliss-reactive ketones (excluding diaryl/α,β-unsaturated/α-hetero) is 1. The van der Waals surface area contributed by atoms with Crippen molar-refractivity contribution in [3.05, 3.63) is 28.0 Å². The second kappa shape index (κ2) is 4.72. The summed E-state index contributed by atoms with van der Waals surface area (Å²) in [6, 6.07) is 1.80. The minimum atomic E-state index is -0.358. The van der Waals surface area contributed by atoms with E-state index in [1.165, 1.54) is 18.3 Å². The first-order chi connectivity index (χ1) is 6.59. The quantitative estimate of drug-likeness (QED) is 0.769. The minimum Gasteiger partial charge on any atom is -0.369 e. The van der Waals surface area contributed by atoms with Crippen LogP contribution in [0.3, 0.4) is 0 Å². The zero-order valence-corrected chi connectivity index (χ0v) is 8.64. The molecule has 0 saturated carbocycles. The maximum absolute atomic E-state index is 11.0. The van der Waals surface area contributed by atoms with Gasteiger partial charge in [-0.2, -0.15) is 0 Å². The highest BCUT2D eigenvalue weighted by Crippen LogP contribution is 2.16. The Labute approximate surface area is 86.2 Å². The molecule has 2 N–H and O–H groups in total. The summed E-state index contributed by atoms with van der Waals surface area (Å²) in [5.74, 6) is -0.298. The van der Waals surface area contributed by atoms with Gasteiger partial charge in [-0.3, -0.25) is 9.59 Å². The molecule has 74 valence electrons. The van der Waals surface area contributed by atoms with Crippen molar-refractivity contribution < 1.29 is 9.59 Å². The average Bonchev–Trinajstić information content (AvgIpc) is 2.52. The van der Waals surface area contributed by atoms with Crippen LogP contribution in [0.1, 0.15) is 28.6 Å². The Morgan fingerprint density at radius 3 is 2.79 bits per heavy atom. The van der Waals surface area contributed by atoms with Crippen molar-refractivity contribution in [2.24, 2.45) is 5.73 Å². The molecule has 4 heteroatoms. The van der Waals surface area contributed by atoms with Crippen molar-refractivity contribution in [1.82, 2.24) is 0 Å². The van der Waals surface area contributed by atoms with Crippen molar-refractivity contribution in [1.29, 1.82) is 0 Å². The second-order valence-electron chi connectivity index (χ2n) is 2.87. The highest BCUT2D eigenvalue weighted by atomic mass is 32.1. The Morgan fingerprint density at radius 2 is 2.29 bits per heavy atom. The van der Waals surface area contributed by atoms with E-state index in [1.807, 2.05) is 5.38 Å². The summed E-state index contributed by atoms with van der Waals surface area (Å²) >= 11 is 1.40. The number of hydrogen-bond acceptors (Lipinski definition) is 3. The minimum absolute atomic E-state index is 0.0598. The fourth-order valence-corrected chi connectivity index (χ4v) is 1.71. The van der Waals surface area contributed by atoms with Crippen molar-refractivity contribution >= 4 is 29.1 Å². The molecule has 0 radical (unpaired) electrons. The summed E-state index contributed by atoms with van der Waals surface area (Å²) in [6.45, 7) is 1.53. The van der Waals surface area contributed by atoms with E-state index >= 15 is 0 Å². The van der Waals surface area contributed by atoms with Gasteiger partial charge in [0.25, 0.3) is 0 Å². The first-order valence-corrected chi connectivity index (χ1v) is 5.02. The summed E-state index contributed by atoms with van der Waals surface area (Å²) in [6.07, 6.45) is 3.70. The van der Waals surface area contributed by atoms with Gasteiger partial charge in [0, 0.05) is 6.42 Å². The highest BCUT2D eigenvalue weighted by Gasteiger charge is 2.01. The molecular weight excluding hydrogens is 198 g/mol. The standard InChI is InChI=1S/C10H11NO2S/c1-7(12)9-5-8(6-14-9)3-2-4-10(11)13/h2-3,5-6H,4H2,1H3,(H2,11,13). The summed E-state index contributed by atoms with van der Waals surface area (Å²) < 4.78 is 0. The molecule has 1 amide bonds. The maximum Gasteiger partial charge on any atom is 0.221 e. The average molecular weight is 209 g/mol. The zero-order chi connectivity index (χ0) is 10.6. The molecule has 0 fully saturated rings. The number of amides is 1. The lowest BCUT2D eigenvalue weighted by atomic mass is 10.2. The van der Waals surface area contributed by atoms with Gasteiger partial charge in [0.05, 0.1) is 4.88 Å². The molecule has 0 unspecified atom stereocenters. The van der Waals surface area contributed by atoms with Crippen LogP contribution in [-0.4, -0.2) is 11.7 Å². The third kappa shape index (κ3) is 3.14. The Kier molecular flexibility index (Phi) is 3.59. The lowest BCUT2D eigenvalue weighted by molar-refractivity contribution is -0.117. The largest absolute Gasteiger partial charge is 0.369 e. The highest BCUT2D eigenvalue weighted by molar-refractivity contribution is 7.12. The van der Waals surface area contributed by atoms with Crippen LogP contribution in [0.4, 0.5) is 0 Å². The van der Waals surface area contributed by atoms with E-state index in [1.54, 1.807) is 18.2 Å². The molecule has 1 aromatic heterocycles. The van der Waals surface area contributed by atoms with Gasteiger partial charge in [0.2, 0.25) is 5.91 Å². The van der Waals surface area contributed by atoms with Gasteiger partial charge >= 0.3 is 0 Å². The van der Waals surface area contributed by atoms with Gasteiger partial charge in [-0.25, -0.2) is 0 Å². The van der Waals surface area contributed by atoms with Gasteiger partial charge in [0.1, 0.15) is 0 Å². The lowest BCUT2D eigenvalue weighted by Crippen LogP contribution is -2.07. The Balaban J connectivity index is 2.64. The van der Waals surface area contributed by atoms with Crippen molar-refractivity contribution in [2.75, 3.05) is 0 Å². The fourth-order valence-electron chi connectivity index (χ4n) is 0.934. The van der Waals surface area contributed by atoms with Crippen LogP contribution in [0.15, 0.2) is 17.5 Å². The summed E-state index contributed by atoms with van der Waals surface area (Å²) in [5, 5.41) is 1.87. The van der Waals surface area contributed by atoms with Gasteiger partial charge in [-0.15, -0.1) is 11.3 Å². The molecule has 0 atom stereocenters. The molecule has 1 aromatic rings. The van der Waals surface area contributed by atoms with Crippen LogP contribution in [0.5, 0.6) is 0 Å². The van der Waals surface area contributed by atoms with Crippen LogP contribution in [0.2, 0.25) is 0 Å². The van der Waals surface area contributed by atoms with Gasteiger partial charge < -0.3 is 5.73 Å². The summed E-state index contributed by atoms with van der Waals surface area (Å²) in [7, 11) is 0. The number of carbonyl (C=O) groups is 2. The molecule has 0 spiro atoms. The molecule has 0 aromatic carbocycles. The molecule has 0 aliphatic carbocycles. The number of thiophene rings is 1. The van der Waals surface area contributed by atoms with E-state index in [9.17, 15) is 9.59 Å². The van der Waals surface area contributed by atoms with Gasteiger partial charge in [0.15, 0.2) is 5.78 Å². The van der Waals surface area contributed by atoms with Crippen LogP contribution < -0.4 is 5.73 Å². The van der Waals surface area contributed by atoms with Gasteiger partial charge in [-0.1, -0.05) is 12.2 Å². The van der Waals surface area contributed by atoms with Crippen molar-refractivity contribution in [3.63, 3.8) is 0 Å². The van der Waals surface area contributed by atoms with Crippen molar-refractivity contribution in [3.8, 4) is 0 Å². The molecule has 3 nitrogen and oxygen atoms in total. The lowest BCUT2D eigenvalue weighted by Gasteiger charge is -1.85. The van der Waals surface area contributed by atoms with E-state index in [0.29, 0.717) is 0 Å². The monoisotopic (exact) mass is 209 g/mol. The molecule has 0 saturated heterocycles. The second-order valence-corrected chi connectivity index (χ2v) is 3.78. The molecular formula is C10H11NO2S. The van der Waals surface area contributed by atoms with Crippen LogP contribution in [0.25, 0.3) is 6.08 Å². The van der Waals surface area contributed by atoms with E-state index in [2.05, 4.69) is 0 Å².